The van der Waals surface area contributed by atoms with E-state index in [9.17, 15) is 0 Å². The molecular weight excluding hydrogens is 240 g/mol. The zero-order chi connectivity index (χ0) is 14.0. The first kappa shape index (κ1) is 13.8. The van der Waals surface area contributed by atoms with Gasteiger partial charge in [-0.3, -0.25) is 0 Å². The minimum absolute atomic E-state index is 0.0885. The molecule has 104 valence electrons. The summed E-state index contributed by atoms with van der Waals surface area (Å²) in [5.41, 5.74) is 2.17. The van der Waals surface area contributed by atoms with Crippen LogP contribution in [0.15, 0.2) is 16.9 Å². The van der Waals surface area contributed by atoms with Gasteiger partial charge in [0, 0.05) is 18.3 Å². The first-order valence-electron chi connectivity index (χ1n) is 6.52. The SMILES string of the molecule is Cc1nc(Cn2cncc2CNC(C)(C)C)oc1C. The van der Waals surface area contributed by atoms with Gasteiger partial charge in [0.2, 0.25) is 5.89 Å². The molecule has 0 aliphatic rings. The van der Waals surface area contributed by atoms with Crippen LogP contribution in [-0.4, -0.2) is 20.1 Å². The van der Waals surface area contributed by atoms with Crippen molar-refractivity contribution in [2.24, 2.45) is 0 Å². The molecule has 0 aromatic carbocycles. The van der Waals surface area contributed by atoms with Crippen molar-refractivity contribution >= 4 is 0 Å². The van der Waals surface area contributed by atoms with E-state index in [1.54, 1.807) is 0 Å². The molecule has 0 atom stereocenters. The highest BCUT2D eigenvalue weighted by Gasteiger charge is 2.12. The highest BCUT2D eigenvalue weighted by atomic mass is 16.4. The normalized spacial score (nSPS) is 12.1. The molecule has 0 aliphatic carbocycles. The lowest BCUT2D eigenvalue weighted by molar-refractivity contribution is 0.411. The third kappa shape index (κ3) is 3.67. The molecule has 2 rings (SSSR count). The van der Waals surface area contributed by atoms with E-state index >= 15 is 0 Å². The summed E-state index contributed by atoms with van der Waals surface area (Å²) >= 11 is 0. The van der Waals surface area contributed by atoms with Gasteiger partial charge in [0.15, 0.2) is 0 Å². The Hall–Kier alpha value is -1.62. The Balaban J connectivity index is 2.07. The van der Waals surface area contributed by atoms with Crippen molar-refractivity contribution in [3.8, 4) is 0 Å². The van der Waals surface area contributed by atoms with Crippen LogP contribution in [0.25, 0.3) is 0 Å². The van der Waals surface area contributed by atoms with Crippen molar-refractivity contribution in [2.75, 3.05) is 0 Å². The Morgan fingerprint density at radius 1 is 1.32 bits per heavy atom. The van der Waals surface area contributed by atoms with Gasteiger partial charge in [-0.05, 0) is 34.6 Å². The number of hydrogen-bond acceptors (Lipinski definition) is 4. The molecule has 0 bridgehead atoms. The predicted molar refractivity (Wildman–Crippen MR) is 73.9 cm³/mol. The van der Waals surface area contributed by atoms with Crippen molar-refractivity contribution in [2.45, 2.75) is 53.2 Å². The molecule has 5 heteroatoms. The van der Waals surface area contributed by atoms with Gasteiger partial charge < -0.3 is 14.3 Å². The number of rotatable bonds is 4. The van der Waals surface area contributed by atoms with Crippen LogP contribution < -0.4 is 5.32 Å². The van der Waals surface area contributed by atoms with E-state index in [0.717, 1.165) is 29.6 Å². The minimum Gasteiger partial charge on any atom is -0.444 e. The largest absolute Gasteiger partial charge is 0.444 e. The summed E-state index contributed by atoms with van der Waals surface area (Å²) in [6, 6.07) is 0. The average Bonchev–Trinajstić information content (AvgIpc) is 2.84. The van der Waals surface area contributed by atoms with Crippen molar-refractivity contribution in [3.63, 3.8) is 0 Å². The second-order valence-corrected chi connectivity index (χ2v) is 5.87. The van der Waals surface area contributed by atoms with Crippen LogP contribution in [0.4, 0.5) is 0 Å². The molecule has 2 aromatic rings. The van der Waals surface area contributed by atoms with Gasteiger partial charge in [-0.2, -0.15) is 0 Å². The smallest absolute Gasteiger partial charge is 0.214 e. The molecule has 0 radical (unpaired) electrons. The molecule has 0 saturated carbocycles. The molecule has 0 fully saturated rings. The van der Waals surface area contributed by atoms with Crippen LogP contribution in [0, 0.1) is 13.8 Å². The van der Waals surface area contributed by atoms with E-state index in [1.807, 2.05) is 26.4 Å². The second-order valence-electron chi connectivity index (χ2n) is 5.87. The average molecular weight is 262 g/mol. The van der Waals surface area contributed by atoms with Gasteiger partial charge >= 0.3 is 0 Å². The Kier molecular flexibility index (Phi) is 3.75. The number of hydrogen-bond donors (Lipinski definition) is 1. The topological polar surface area (TPSA) is 55.9 Å². The van der Waals surface area contributed by atoms with Gasteiger partial charge in [0.05, 0.1) is 17.7 Å². The number of nitrogens with one attached hydrogen (secondary N) is 1. The maximum atomic E-state index is 5.61. The highest BCUT2D eigenvalue weighted by molar-refractivity contribution is 5.07. The molecule has 0 spiro atoms. The third-order valence-corrected chi connectivity index (χ3v) is 2.98. The van der Waals surface area contributed by atoms with Gasteiger partial charge in [-0.25, -0.2) is 9.97 Å². The molecule has 0 amide bonds. The fourth-order valence-corrected chi connectivity index (χ4v) is 1.75. The third-order valence-electron chi connectivity index (χ3n) is 2.98. The highest BCUT2D eigenvalue weighted by Crippen LogP contribution is 2.11. The van der Waals surface area contributed by atoms with Gasteiger partial charge in [0.25, 0.3) is 0 Å². The molecule has 2 aromatic heterocycles. The minimum atomic E-state index is 0.0885. The van der Waals surface area contributed by atoms with Gasteiger partial charge in [-0.1, -0.05) is 0 Å². The lowest BCUT2D eigenvalue weighted by Gasteiger charge is -2.20. The molecule has 0 saturated heterocycles. The first-order valence-corrected chi connectivity index (χ1v) is 6.52. The molecule has 2 heterocycles. The molecule has 0 unspecified atom stereocenters. The van der Waals surface area contributed by atoms with Gasteiger partial charge in [0.1, 0.15) is 12.3 Å². The monoisotopic (exact) mass is 262 g/mol. The molecular formula is C14H22N4O. The maximum Gasteiger partial charge on any atom is 0.214 e. The number of nitrogens with zero attached hydrogens (tertiary/aromatic N) is 3. The van der Waals surface area contributed by atoms with E-state index in [-0.39, 0.29) is 5.54 Å². The Morgan fingerprint density at radius 2 is 2.05 bits per heavy atom. The van der Waals surface area contributed by atoms with Crippen LogP contribution in [0.5, 0.6) is 0 Å². The van der Waals surface area contributed by atoms with Crippen LogP contribution in [0.3, 0.4) is 0 Å². The van der Waals surface area contributed by atoms with Crippen LogP contribution in [0.2, 0.25) is 0 Å². The predicted octanol–water partition coefficient (Wildman–Crippen LogP) is 2.42. The summed E-state index contributed by atoms with van der Waals surface area (Å²) in [4.78, 5) is 8.60. The summed E-state index contributed by atoms with van der Waals surface area (Å²) in [6.07, 6.45) is 3.69. The molecule has 1 N–H and O–H groups in total. The summed E-state index contributed by atoms with van der Waals surface area (Å²) in [6.45, 7) is 11.7. The van der Waals surface area contributed by atoms with E-state index < -0.39 is 0 Å². The summed E-state index contributed by atoms with van der Waals surface area (Å²) < 4.78 is 7.67. The van der Waals surface area contributed by atoms with E-state index in [1.165, 1.54) is 0 Å². The van der Waals surface area contributed by atoms with Crippen molar-refractivity contribution in [3.05, 3.63) is 35.6 Å². The van der Waals surface area contributed by atoms with Crippen molar-refractivity contribution < 1.29 is 4.42 Å². The number of aromatic nitrogens is 3. The van der Waals surface area contributed by atoms with Crippen LogP contribution in [0.1, 0.15) is 43.8 Å². The van der Waals surface area contributed by atoms with E-state index in [2.05, 4.69) is 40.6 Å². The second kappa shape index (κ2) is 5.17. The summed E-state index contributed by atoms with van der Waals surface area (Å²) in [7, 11) is 0. The molecule has 0 aliphatic heterocycles. The summed E-state index contributed by atoms with van der Waals surface area (Å²) in [5.74, 6) is 1.61. The van der Waals surface area contributed by atoms with Crippen LogP contribution >= 0.6 is 0 Å². The number of imidazole rings is 1. The molecule has 19 heavy (non-hydrogen) atoms. The van der Waals surface area contributed by atoms with Crippen molar-refractivity contribution in [1.29, 1.82) is 0 Å². The standard InChI is InChI=1S/C14H22N4O/c1-10-11(2)19-13(17-10)8-18-9-15-6-12(18)7-16-14(3,4)5/h6,9,16H,7-8H2,1-5H3. The number of oxazole rings is 1. The quantitative estimate of drug-likeness (QED) is 0.919. The Morgan fingerprint density at radius 3 is 2.63 bits per heavy atom. The zero-order valence-electron chi connectivity index (χ0n) is 12.3. The summed E-state index contributed by atoms with van der Waals surface area (Å²) in [5, 5.41) is 3.46. The lowest BCUT2D eigenvalue weighted by atomic mass is 10.1. The van der Waals surface area contributed by atoms with Crippen molar-refractivity contribution in [1.82, 2.24) is 19.9 Å². The lowest BCUT2D eigenvalue weighted by Crippen LogP contribution is -2.35. The fraction of sp³-hybridized carbons (Fsp3) is 0.571. The van der Waals surface area contributed by atoms with Gasteiger partial charge in [-0.15, -0.1) is 0 Å². The maximum absolute atomic E-state index is 5.61. The number of aryl methyl sites for hydroxylation is 2. The van der Waals surface area contributed by atoms with E-state index in [4.69, 9.17) is 4.42 Å². The van der Waals surface area contributed by atoms with Crippen LogP contribution in [-0.2, 0) is 13.1 Å². The Bertz CT molecular complexity index is 529. The Labute approximate surface area is 114 Å². The van der Waals surface area contributed by atoms with E-state index in [0.29, 0.717) is 6.54 Å². The fourth-order valence-electron chi connectivity index (χ4n) is 1.75. The first-order chi connectivity index (χ1) is 8.85. The molecule has 5 nitrogen and oxygen atoms in total. The zero-order valence-corrected chi connectivity index (χ0v) is 12.3.